The van der Waals surface area contributed by atoms with Crippen molar-refractivity contribution >= 4 is 11.5 Å². The van der Waals surface area contributed by atoms with Gasteiger partial charge in [0.1, 0.15) is 0 Å². The molecule has 29 heavy (non-hydrogen) atoms. The Bertz CT molecular complexity index is 794. The second kappa shape index (κ2) is 8.45. The van der Waals surface area contributed by atoms with E-state index in [9.17, 15) is 4.79 Å². The number of rotatable bonds is 6. The maximum atomic E-state index is 13.3. The van der Waals surface area contributed by atoms with Crippen molar-refractivity contribution in [3.8, 4) is 0 Å². The Balaban J connectivity index is 1.47. The highest BCUT2D eigenvalue weighted by atomic mass is 16.5. The first-order valence-corrected chi connectivity index (χ1v) is 11.0. The number of likely N-dealkylation sites (N-methyl/N-ethyl adjacent to an activating group) is 2. The first-order valence-electron chi connectivity index (χ1n) is 11.0. The van der Waals surface area contributed by atoms with Gasteiger partial charge in [-0.05, 0) is 62.3 Å². The number of carbonyl (C=O) groups is 1. The zero-order chi connectivity index (χ0) is 20.4. The van der Waals surface area contributed by atoms with E-state index in [0.29, 0.717) is 12.5 Å². The number of hydrogen-bond acceptors (Lipinski definition) is 3. The molecule has 0 aromatic heterocycles. The summed E-state index contributed by atoms with van der Waals surface area (Å²) in [7, 11) is 4.15. The van der Waals surface area contributed by atoms with Crippen LogP contribution >= 0.6 is 0 Å². The van der Waals surface area contributed by atoms with E-state index in [2.05, 4.69) is 48.9 Å². The van der Waals surface area contributed by atoms with Crippen molar-refractivity contribution in [2.45, 2.75) is 62.6 Å². The third kappa shape index (κ3) is 4.06. The molecule has 1 aliphatic heterocycles. The average Bonchev–Trinajstić information content (AvgIpc) is 3.35. The van der Waals surface area contributed by atoms with Gasteiger partial charge in [-0.25, -0.2) is 0 Å². The average molecular weight is 395 g/mol. The number of nitrogens with zero attached hydrogens (tertiary/aromatic N) is 2. The summed E-state index contributed by atoms with van der Waals surface area (Å²) < 4.78 is 6.21. The molecule has 3 aliphatic rings. The van der Waals surface area contributed by atoms with E-state index in [-0.39, 0.29) is 17.6 Å². The summed E-state index contributed by atoms with van der Waals surface area (Å²) in [4.78, 5) is 17.6. The van der Waals surface area contributed by atoms with Gasteiger partial charge in [-0.3, -0.25) is 9.69 Å². The molecule has 0 N–H and O–H groups in total. The summed E-state index contributed by atoms with van der Waals surface area (Å²) in [6.07, 6.45) is 11.0. The molecule has 4 nitrogen and oxygen atoms in total. The Morgan fingerprint density at radius 1 is 1.28 bits per heavy atom. The van der Waals surface area contributed by atoms with Gasteiger partial charge < -0.3 is 9.64 Å². The second-order valence-electron chi connectivity index (χ2n) is 9.01. The number of fused-ring (bicyclic) bond motifs is 1. The van der Waals surface area contributed by atoms with Gasteiger partial charge in [-0.2, -0.15) is 0 Å². The molecule has 2 fully saturated rings. The molecule has 156 valence electrons. The molecule has 1 heterocycles. The maximum Gasteiger partial charge on any atom is 0.227 e. The van der Waals surface area contributed by atoms with Crippen LogP contribution in [0.1, 0.15) is 49.7 Å². The smallest absolute Gasteiger partial charge is 0.227 e. The molecule has 0 unspecified atom stereocenters. The lowest BCUT2D eigenvalue weighted by atomic mass is 9.76. The molecule has 0 bridgehead atoms. The van der Waals surface area contributed by atoms with Crippen molar-refractivity contribution in [2.75, 3.05) is 27.2 Å². The Kier molecular flexibility index (Phi) is 5.93. The fourth-order valence-electron chi connectivity index (χ4n) is 5.57. The minimum absolute atomic E-state index is 0.0212. The highest BCUT2D eigenvalue weighted by molar-refractivity contribution is 5.90. The number of allylic oxidation sites excluding steroid dienone is 1. The normalized spacial score (nSPS) is 28.4. The Morgan fingerprint density at radius 3 is 2.86 bits per heavy atom. The zero-order valence-corrected chi connectivity index (χ0v) is 17.9. The number of benzene rings is 1. The van der Waals surface area contributed by atoms with Crippen LogP contribution in [0.5, 0.6) is 0 Å². The van der Waals surface area contributed by atoms with E-state index in [4.69, 9.17) is 4.74 Å². The molecule has 3 atom stereocenters. The first kappa shape index (κ1) is 20.4. The molecule has 1 aromatic carbocycles. The summed E-state index contributed by atoms with van der Waals surface area (Å²) in [5.41, 5.74) is 3.78. The quantitative estimate of drug-likeness (QED) is 0.682. The molecule has 4 heteroatoms. The predicted molar refractivity (Wildman–Crippen MR) is 118 cm³/mol. The van der Waals surface area contributed by atoms with Gasteiger partial charge in [0.15, 0.2) is 0 Å². The summed E-state index contributed by atoms with van der Waals surface area (Å²) in [6.45, 7) is 5.63. The fourth-order valence-corrected chi connectivity index (χ4v) is 5.57. The third-order valence-electron chi connectivity index (χ3n) is 7.25. The minimum atomic E-state index is 0.0212. The molecular formula is C25H34N2O2. The summed E-state index contributed by atoms with van der Waals surface area (Å²) in [5.74, 6) is 0.221. The van der Waals surface area contributed by atoms with E-state index in [1.165, 1.54) is 16.7 Å². The highest BCUT2D eigenvalue weighted by Gasteiger charge is 2.46. The molecule has 1 saturated heterocycles. The van der Waals surface area contributed by atoms with E-state index in [1.807, 2.05) is 18.0 Å². The largest absolute Gasteiger partial charge is 0.375 e. The van der Waals surface area contributed by atoms with Gasteiger partial charge in [0.2, 0.25) is 5.91 Å². The van der Waals surface area contributed by atoms with Crippen LogP contribution in [-0.4, -0.2) is 60.6 Å². The van der Waals surface area contributed by atoms with Crippen LogP contribution in [0.4, 0.5) is 0 Å². The summed E-state index contributed by atoms with van der Waals surface area (Å²) in [5, 5.41) is 0. The highest BCUT2D eigenvalue weighted by Crippen LogP contribution is 2.42. The Labute approximate surface area is 175 Å². The van der Waals surface area contributed by atoms with Crippen molar-refractivity contribution in [1.29, 1.82) is 0 Å². The van der Waals surface area contributed by atoms with Gasteiger partial charge >= 0.3 is 0 Å². The minimum Gasteiger partial charge on any atom is -0.375 e. The number of carbonyl (C=O) groups excluding carboxylic acids is 1. The monoisotopic (exact) mass is 394 g/mol. The summed E-state index contributed by atoms with van der Waals surface area (Å²) >= 11 is 0. The van der Waals surface area contributed by atoms with Crippen LogP contribution in [0.2, 0.25) is 0 Å². The SMILES string of the molecule is C=CCN(C)[C@@H]1C[C@]2(CCCO2)CC[C@H]1N(C)C(=O)CC1=CCc2ccccc21. The molecule has 4 rings (SSSR count). The van der Waals surface area contributed by atoms with Gasteiger partial charge in [0.05, 0.1) is 12.0 Å². The van der Waals surface area contributed by atoms with Crippen LogP contribution in [0.25, 0.3) is 5.57 Å². The van der Waals surface area contributed by atoms with Crippen LogP contribution in [-0.2, 0) is 16.0 Å². The maximum absolute atomic E-state index is 13.3. The number of amides is 1. The number of ether oxygens (including phenoxy) is 1. The lowest BCUT2D eigenvalue weighted by molar-refractivity contribution is -0.136. The molecule has 1 amide bonds. The van der Waals surface area contributed by atoms with Gasteiger partial charge in [-0.15, -0.1) is 6.58 Å². The van der Waals surface area contributed by atoms with E-state index < -0.39 is 0 Å². The Hall–Kier alpha value is -1.91. The van der Waals surface area contributed by atoms with Crippen molar-refractivity contribution in [3.63, 3.8) is 0 Å². The van der Waals surface area contributed by atoms with Crippen molar-refractivity contribution in [1.82, 2.24) is 9.80 Å². The summed E-state index contributed by atoms with van der Waals surface area (Å²) in [6, 6.07) is 8.97. The molecule has 1 saturated carbocycles. The predicted octanol–water partition coefficient (Wildman–Crippen LogP) is 4.06. The molecule has 0 radical (unpaired) electrons. The van der Waals surface area contributed by atoms with Crippen molar-refractivity contribution in [3.05, 3.63) is 54.1 Å². The van der Waals surface area contributed by atoms with E-state index in [0.717, 1.165) is 51.7 Å². The van der Waals surface area contributed by atoms with Gasteiger partial charge in [-0.1, -0.05) is 36.4 Å². The second-order valence-corrected chi connectivity index (χ2v) is 9.01. The van der Waals surface area contributed by atoms with Gasteiger partial charge in [0, 0.05) is 32.3 Å². The van der Waals surface area contributed by atoms with Crippen LogP contribution in [0.3, 0.4) is 0 Å². The van der Waals surface area contributed by atoms with Crippen LogP contribution in [0.15, 0.2) is 43.0 Å². The van der Waals surface area contributed by atoms with Crippen molar-refractivity contribution < 1.29 is 9.53 Å². The standard InChI is InChI=1S/C25H34N2O2/c1-4-15-26(2)23-18-25(13-7-16-29-25)14-12-22(23)27(3)24(28)17-20-11-10-19-8-5-6-9-21(19)20/h4-6,8-9,11,22-23H,1,7,10,12-18H2,2-3H3/t22-,23-,25+/m1/s1. The molecular weight excluding hydrogens is 360 g/mol. The lowest BCUT2D eigenvalue weighted by Crippen LogP contribution is -2.57. The first-order chi connectivity index (χ1) is 14.0. The van der Waals surface area contributed by atoms with Crippen LogP contribution < -0.4 is 0 Å². The molecule has 1 aromatic rings. The molecule has 1 spiro atoms. The van der Waals surface area contributed by atoms with Crippen molar-refractivity contribution in [2.24, 2.45) is 0 Å². The topological polar surface area (TPSA) is 32.8 Å². The van der Waals surface area contributed by atoms with Gasteiger partial charge in [0.25, 0.3) is 0 Å². The zero-order valence-electron chi connectivity index (χ0n) is 17.9. The fraction of sp³-hybridized carbons (Fsp3) is 0.560. The Morgan fingerprint density at radius 2 is 2.10 bits per heavy atom. The number of hydrogen-bond donors (Lipinski definition) is 0. The van der Waals surface area contributed by atoms with E-state index >= 15 is 0 Å². The third-order valence-corrected chi connectivity index (χ3v) is 7.25. The van der Waals surface area contributed by atoms with E-state index in [1.54, 1.807) is 0 Å². The molecule has 2 aliphatic carbocycles. The lowest BCUT2D eigenvalue weighted by Gasteiger charge is -2.48. The van der Waals surface area contributed by atoms with Crippen LogP contribution in [0, 0.1) is 0 Å².